The molecule has 1 fully saturated rings. The molecule has 1 aliphatic heterocycles. The Labute approximate surface area is 150 Å². The van der Waals surface area contributed by atoms with Crippen LogP contribution in [0.4, 0.5) is 0 Å². The molecule has 1 aliphatic rings. The third-order valence-electron chi connectivity index (χ3n) is 4.69. The molecule has 0 unspecified atom stereocenters. The van der Waals surface area contributed by atoms with Crippen LogP contribution in [0.25, 0.3) is 0 Å². The lowest BCUT2D eigenvalue weighted by Gasteiger charge is -2.38. The average Bonchev–Trinajstić information content (AvgIpc) is 2.64. The van der Waals surface area contributed by atoms with Crippen molar-refractivity contribution in [2.75, 3.05) is 32.7 Å². The Hall–Kier alpha value is -1.91. The third kappa shape index (κ3) is 3.94. The Bertz CT molecular complexity index is 597. The summed E-state index contributed by atoms with van der Waals surface area (Å²) in [5, 5.41) is 4.17. The number of thiocarbonyl (C=S) groups is 1. The maximum absolute atomic E-state index is 5.47. The molecule has 2 aromatic carbocycles. The minimum atomic E-state index is 0.391. The van der Waals surface area contributed by atoms with E-state index in [9.17, 15) is 0 Å². The minimum Gasteiger partial charge on any atom is -0.363 e. The largest absolute Gasteiger partial charge is 0.363 e. The molecule has 126 valence electrons. The van der Waals surface area contributed by atoms with Gasteiger partial charge in [0.2, 0.25) is 0 Å². The zero-order valence-corrected chi connectivity index (χ0v) is 15.1. The van der Waals surface area contributed by atoms with Crippen molar-refractivity contribution >= 4 is 17.3 Å². The molecule has 3 rings (SSSR count). The summed E-state index contributed by atoms with van der Waals surface area (Å²) in [4.78, 5) is 3.91. The van der Waals surface area contributed by atoms with E-state index in [0.29, 0.717) is 6.04 Å². The van der Waals surface area contributed by atoms with E-state index in [0.717, 1.165) is 37.8 Å². The third-order valence-corrected chi connectivity index (χ3v) is 5.10. The summed E-state index contributed by atoms with van der Waals surface area (Å²) in [6, 6.07) is 22.1. The molecule has 0 spiro atoms. The first kappa shape index (κ1) is 16.9. The molecule has 0 atom stereocenters. The number of quaternary nitrogens is 1. The standard InChI is InChI=1S/C20H25N3S/c1-2-21-20(24)23-15-13-22(14-16-23)19(17-9-5-3-6-10-17)18-11-7-4-8-12-18/h3-12,19H,2,13-16H2,1H3,(H,21,24)/p+1. The smallest absolute Gasteiger partial charge is 0.169 e. The molecule has 0 aromatic heterocycles. The fourth-order valence-electron chi connectivity index (χ4n) is 3.50. The van der Waals surface area contributed by atoms with Crippen LogP contribution in [0.15, 0.2) is 60.7 Å². The van der Waals surface area contributed by atoms with Crippen LogP contribution in [0.1, 0.15) is 24.1 Å². The molecular formula is C20H26N3S+. The molecule has 0 radical (unpaired) electrons. The molecular weight excluding hydrogens is 314 g/mol. The fraction of sp³-hybridized carbons (Fsp3) is 0.350. The molecule has 0 amide bonds. The van der Waals surface area contributed by atoms with Crippen molar-refractivity contribution in [1.82, 2.24) is 10.2 Å². The van der Waals surface area contributed by atoms with Crippen LogP contribution in [0, 0.1) is 0 Å². The van der Waals surface area contributed by atoms with Crippen LogP contribution in [0.2, 0.25) is 0 Å². The van der Waals surface area contributed by atoms with E-state index in [2.05, 4.69) is 77.8 Å². The van der Waals surface area contributed by atoms with Gasteiger partial charge in [-0.1, -0.05) is 60.7 Å². The van der Waals surface area contributed by atoms with Gasteiger partial charge in [0.15, 0.2) is 5.11 Å². The van der Waals surface area contributed by atoms with Gasteiger partial charge in [0.05, 0.1) is 26.2 Å². The quantitative estimate of drug-likeness (QED) is 0.829. The number of nitrogens with zero attached hydrogens (tertiary/aromatic N) is 1. The minimum absolute atomic E-state index is 0.391. The van der Waals surface area contributed by atoms with E-state index >= 15 is 0 Å². The van der Waals surface area contributed by atoms with E-state index in [1.54, 1.807) is 4.90 Å². The zero-order chi connectivity index (χ0) is 16.8. The summed E-state index contributed by atoms with van der Waals surface area (Å²) >= 11 is 5.47. The maximum Gasteiger partial charge on any atom is 0.169 e. The molecule has 24 heavy (non-hydrogen) atoms. The normalized spacial score (nSPS) is 15.5. The van der Waals surface area contributed by atoms with E-state index in [1.807, 2.05) is 0 Å². The van der Waals surface area contributed by atoms with Gasteiger partial charge in [-0.2, -0.15) is 0 Å². The van der Waals surface area contributed by atoms with Gasteiger partial charge in [-0.25, -0.2) is 0 Å². The molecule has 1 saturated heterocycles. The van der Waals surface area contributed by atoms with Crippen molar-refractivity contribution in [3.8, 4) is 0 Å². The lowest BCUT2D eigenvalue weighted by Crippen LogP contribution is -3.15. The summed E-state index contributed by atoms with van der Waals surface area (Å²) < 4.78 is 0. The topological polar surface area (TPSA) is 19.7 Å². The number of nitrogens with one attached hydrogen (secondary N) is 2. The van der Waals surface area contributed by atoms with E-state index in [-0.39, 0.29) is 0 Å². The van der Waals surface area contributed by atoms with Crippen LogP contribution < -0.4 is 10.2 Å². The van der Waals surface area contributed by atoms with Crippen LogP contribution in [-0.4, -0.2) is 42.7 Å². The van der Waals surface area contributed by atoms with Gasteiger partial charge < -0.3 is 15.1 Å². The van der Waals surface area contributed by atoms with Gasteiger partial charge >= 0.3 is 0 Å². The number of hydrogen-bond acceptors (Lipinski definition) is 1. The van der Waals surface area contributed by atoms with Crippen LogP contribution in [0.5, 0.6) is 0 Å². The Morgan fingerprint density at radius 1 is 1.00 bits per heavy atom. The summed E-state index contributed by atoms with van der Waals surface area (Å²) in [5.74, 6) is 0. The van der Waals surface area contributed by atoms with Crippen LogP contribution >= 0.6 is 12.2 Å². The SMILES string of the molecule is CCNC(=S)N1CC[NH+](C(c2ccccc2)c2ccccc2)CC1. The molecule has 0 aliphatic carbocycles. The van der Waals surface area contributed by atoms with Crippen LogP contribution in [0.3, 0.4) is 0 Å². The first-order chi connectivity index (χ1) is 11.8. The summed E-state index contributed by atoms with van der Waals surface area (Å²) in [5.41, 5.74) is 2.78. The van der Waals surface area contributed by atoms with E-state index < -0.39 is 0 Å². The first-order valence-corrected chi connectivity index (χ1v) is 9.17. The second kappa shape index (κ2) is 8.27. The number of piperazine rings is 1. The first-order valence-electron chi connectivity index (χ1n) is 8.77. The number of hydrogen-bond donors (Lipinski definition) is 2. The van der Waals surface area contributed by atoms with Crippen molar-refractivity contribution in [2.24, 2.45) is 0 Å². The molecule has 0 bridgehead atoms. The molecule has 3 nitrogen and oxygen atoms in total. The molecule has 4 heteroatoms. The lowest BCUT2D eigenvalue weighted by molar-refractivity contribution is -0.929. The molecule has 1 heterocycles. The maximum atomic E-state index is 5.47. The summed E-state index contributed by atoms with van der Waals surface area (Å²) in [6.07, 6.45) is 0. The summed E-state index contributed by atoms with van der Waals surface area (Å²) in [7, 11) is 0. The lowest BCUT2D eigenvalue weighted by atomic mass is 9.96. The van der Waals surface area contributed by atoms with Crippen LogP contribution in [-0.2, 0) is 0 Å². The Morgan fingerprint density at radius 3 is 1.96 bits per heavy atom. The number of rotatable bonds is 4. The second-order valence-corrected chi connectivity index (χ2v) is 6.62. The van der Waals surface area contributed by atoms with E-state index in [4.69, 9.17) is 12.2 Å². The predicted molar refractivity (Wildman–Crippen MR) is 103 cm³/mol. The highest BCUT2D eigenvalue weighted by atomic mass is 32.1. The van der Waals surface area contributed by atoms with Gasteiger partial charge in [0.1, 0.15) is 6.04 Å². The van der Waals surface area contributed by atoms with Gasteiger partial charge in [-0.05, 0) is 19.1 Å². The second-order valence-electron chi connectivity index (χ2n) is 6.24. The zero-order valence-electron chi connectivity index (χ0n) is 14.2. The molecule has 0 saturated carbocycles. The fourth-order valence-corrected chi connectivity index (χ4v) is 3.83. The van der Waals surface area contributed by atoms with Crippen molar-refractivity contribution in [3.63, 3.8) is 0 Å². The van der Waals surface area contributed by atoms with Gasteiger partial charge in [-0.15, -0.1) is 0 Å². The Balaban J connectivity index is 1.77. The molecule has 2 N–H and O–H groups in total. The van der Waals surface area contributed by atoms with Crippen molar-refractivity contribution < 1.29 is 4.90 Å². The highest BCUT2D eigenvalue weighted by molar-refractivity contribution is 7.80. The highest BCUT2D eigenvalue weighted by Crippen LogP contribution is 2.19. The van der Waals surface area contributed by atoms with Gasteiger partial charge in [0.25, 0.3) is 0 Å². The van der Waals surface area contributed by atoms with Gasteiger partial charge in [0, 0.05) is 17.7 Å². The molecule has 2 aromatic rings. The predicted octanol–water partition coefficient (Wildman–Crippen LogP) is 1.87. The average molecular weight is 341 g/mol. The summed E-state index contributed by atoms with van der Waals surface area (Å²) in [6.45, 7) is 7.20. The highest BCUT2D eigenvalue weighted by Gasteiger charge is 2.30. The van der Waals surface area contributed by atoms with E-state index in [1.165, 1.54) is 11.1 Å². The Morgan fingerprint density at radius 2 is 1.50 bits per heavy atom. The number of benzene rings is 2. The monoisotopic (exact) mass is 340 g/mol. The van der Waals surface area contributed by atoms with Crippen molar-refractivity contribution in [3.05, 3.63) is 71.8 Å². The van der Waals surface area contributed by atoms with Crippen molar-refractivity contribution in [1.29, 1.82) is 0 Å². The Kier molecular flexibility index (Phi) is 5.83. The van der Waals surface area contributed by atoms with Crippen molar-refractivity contribution in [2.45, 2.75) is 13.0 Å². The van der Waals surface area contributed by atoms with Gasteiger partial charge in [-0.3, -0.25) is 0 Å².